The van der Waals surface area contributed by atoms with Gasteiger partial charge in [0.1, 0.15) is 21.8 Å². The Morgan fingerprint density at radius 1 is 1.07 bits per heavy atom. The van der Waals surface area contributed by atoms with Crippen LogP contribution in [-0.2, 0) is 9.53 Å². The van der Waals surface area contributed by atoms with E-state index in [4.69, 9.17) is 13.9 Å². The van der Waals surface area contributed by atoms with Crippen LogP contribution in [0.1, 0.15) is 9.67 Å². The lowest BCUT2D eigenvalue weighted by Crippen LogP contribution is -2.20. The van der Waals surface area contributed by atoms with Crippen LogP contribution in [0.4, 0.5) is 5.69 Å². The first-order valence-corrected chi connectivity index (χ1v) is 9.03. The minimum atomic E-state index is -0.528. The molecule has 2 aromatic heterocycles. The zero-order valence-corrected chi connectivity index (χ0v) is 15.2. The van der Waals surface area contributed by atoms with Crippen LogP contribution >= 0.6 is 11.3 Å². The molecule has 2 heterocycles. The van der Waals surface area contributed by atoms with Crippen LogP contribution in [0.3, 0.4) is 0 Å². The van der Waals surface area contributed by atoms with Crippen molar-refractivity contribution in [2.45, 2.75) is 0 Å². The van der Waals surface area contributed by atoms with Gasteiger partial charge in [0.05, 0.1) is 12.8 Å². The first kappa shape index (κ1) is 17.1. The average Bonchev–Trinajstić information content (AvgIpc) is 3.33. The number of thiophene rings is 1. The summed E-state index contributed by atoms with van der Waals surface area (Å²) < 4.78 is 16.2. The summed E-state index contributed by atoms with van der Waals surface area (Å²) in [4.78, 5) is 24.5. The van der Waals surface area contributed by atoms with Crippen molar-refractivity contribution in [2.24, 2.45) is 0 Å². The Morgan fingerprint density at radius 2 is 1.93 bits per heavy atom. The van der Waals surface area contributed by atoms with Crippen molar-refractivity contribution in [2.75, 3.05) is 19.0 Å². The van der Waals surface area contributed by atoms with Gasteiger partial charge in [-0.15, -0.1) is 11.3 Å². The smallest absolute Gasteiger partial charge is 0.348 e. The second-order valence-electron chi connectivity index (χ2n) is 5.75. The Kier molecular flexibility index (Phi) is 4.52. The maximum atomic E-state index is 12.2. The van der Waals surface area contributed by atoms with Gasteiger partial charge in [-0.05, 0) is 23.6 Å². The molecule has 6 nitrogen and oxygen atoms in total. The van der Waals surface area contributed by atoms with Crippen molar-refractivity contribution >= 4 is 50.8 Å². The van der Waals surface area contributed by atoms with E-state index in [9.17, 15) is 9.59 Å². The van der Waals surface area contributed by atoms with Gasteiger partial charge in [0, 0.05) is 16.8 Å². The normalized spacial score (nSPS) is 10.9. The predicted octanol–water partition coefficient (Wildman–Crippen LogP) is 4.45. The summed E-state index contributed by atoms with van der Waals surface area (Å²) >= 11 is 1.26. The number of hydrogen-bond donors (Lipinski definition) is 1. The molecule has 1 amide bonds. The molecule has 0 saturated heterocycles. The molecule has 4 aromatic rings. The van der Waals surface area contributed by atoms with Crippen LogP contribution in [0.2, 0.25) is 0 Å². The number of benzene rings is 2. The van der Waals surface area contributed by atoms with Crippen molar-refractivity contribution < 1.29 is 23.5 Å². The molecule has 0 radical (unpaired) electrons. The fraction of sp³-hybridized carbons (Fsp3) is 0.100. The van der Waals surface area contributed by atoms with E-state index in [-0.39, 0.29) is 0 Å². The van der Waals surface area contributed by atoms with Crippen molar-refractivity contribution in [1.82, 2.24) is 0 Å². The van der Waals surface area contributed by atoms with Crippen LogP contribution in [0.25, 0.3) is 21.9 Å². The highest BCUT2D eigenvalue weighted by molar-refractivity contribution is 7.11. The molecule has 0 aliphatic carbocycles. The summed E-state index contributed by atoms with van der Waals surface area (Å²) in [5.41, 5.74) is 1.83. The molecule has 0 unspecified atom stereocenters. The Hall–Kier alpha value is -3.32. The highest BCUT2D eigenvalue weighted by Crippen LogP contribution is 2.36. The first-order valence-electron chi connectivity index (χ1n) is 8.15. The average molecular weight is 381 g/mol. The third-order valence-electron chi connectivity index (χ3n) is 4.03. The summed E-state index contributed by atoms with van der Waals surface area (Å²) in [5.74, 6) is -0.500. The zero-order valence-electron chi connectivity index (χ0n) is 14.4. The van der Waals surface area contributed by atoms with Crippen LogP contribution in [0.5, 0.6) is 5.75 Å². The maximum absolute atomic E-state index is 12.2. The Morgan fingerprint density at radius 3 is 2.70 bits per heavy atom. The number of methoxy groups -OCH3 is 1. The van der Waals surface area contributed by atoms with Crippen LogP contribution < -0.4 is 10.1 Å². The van der Waals surface area contributed by atoms with E-state index in [0.717, 1.165) is 16.4 Å². The van der Waals surface area contributed by atoms with Gasteiger partial charge in [0.2, 0.25) is 0 Å². The van der Waals surface area contributed by atoms with Gasteiger partial charge in [-0.1, -0.05) is 24.3 Å². The van der Waals surface area contributed by atoms with Crippen LogP contribution in [-0.4, -0.2) is 25.6 Å². The van der Waals surface area contributed by atoms with E-state index in [1.807, 2.05) is 30.3 Å². The van der Waals surface area contributed by atoms with E-state index in [1.165, 1.54) is 18.4 Å². The lowest BCUT2D eigenvalue weighted by atomic mass is 10.1. The molecule has 7 heteroatoms. The van der Waals surface area contributed by atoms with E-state index < -0.39 is 18.5 Å². The minimum Gasteiger partial charge on any atom is -0.495 e. The van der Waals surface area contributed by atoms with Crippen molar-refractivity contribution in [3.05, 3.63) is 58.8 Å². The fourth-order valence-electron chi connectivity index (χ4n) is 2.80. The molecule has 2 aromatic carbocycles. The van der Waals surface area contributed by atoms with Crippen molar-refractivity contribution in [3.63, 3.8) is 0 Å². The SMILES string of the molecule is COc1cc2c(cc1NC(=O)COC(=O)c1cccs1)oc1ccccc12. The summed E-state index contributed by atoms with van der Waals surface area (Å²) in [6.07, 6.45) is 0. The number of ether oxygens (including phenoxy) is 2. The molecule has 0 aliphatic heterocycles. The molecular formula is C20H15NO5S. The van der Waals surface area contributed by atoms with E-state index in [2.05, 4.69) is 5.32 Å². The maximum Gasteiger partial charge on any atom is 0.348 e. The highest BCUT2D eigenvalue weighted by atomic mass is 32.1. The summed E-state index contributed by atoms with van der Waals surface area (Å²) in [6, 6.07) is 14.6. The lowest BCUT2D eigenvalue weighted by Gasteiger charge is -2.10. The van der Waals surface area contributed by atoms with E-state index >= 15 is 0 Å². The molecule has 136 valence electrons. The monoisotopic (exact) mass is 381 g/mol. The molecule has 1 N–H and O–H groups in total. The van der Waals surface area contributed by atoms with E-state index in [0.29, 0.717) is 21.9 Å². The van der Waals surface area contributed by atoms with Gasteiger partial charge in [0.25, 0.3) is 5.91 Å². The summed E-state index contributed by atoms with van der Waals surface area (Å²) in [5, 5.41) is 6.33. The lowest BCUT2D eigenvalue weighted by molar-refractivity contribution is -0.119. The molecule has 4 rings (SSSR count). The Labute approximate surface area is 158 Å². The topological polar surface area (TPSA) is 77.8 Å². The van der Waals surface area contributed by atoms with Crippen molar-refractivity contribution in [3.8, 4) is 5.75 Å². The molecule has 27 heavy (non-hydrogen) atoms. The molecule has 0 bridgehead atoms. The Bertz CT molecular complexity index is 1130. The number of rotatable bonds is 5. The number of hydrogen-bond acceptors (Lipinski definition) is 6. The second kappa shape index (κ2) is 7.13. The molecule has 0 saturated carbocycles. The second-order valence-corrected chi connectivity index (χ2v) is 6.70. The third-order valence-corrected chi connectivity index (χ3v) is 4.88. The van der Waals surface area contributed by atoms with Gasteiger partial charge in [-0.2, -0.15) is 0 Å². The van der Waals surface area contributed by atoms with Gasteiger partial charge < -0.3 is 19.2 Å². The number of amides is 1. The largest absolute Gasteiger partial charge is 0.495 e. The van der Waals surface area contributed by atoms with Gasteiger partial charge in [-0.25, -0.2) is 4.79 Å². The number of anilines is 1. The Balaban J connectivity index is 1.54. The molecular weight excluding hydrogens is 366 g/mol. The third kappa shape index (κ3) is 3.37. The predicted molar refractivity (Wildman–Crippen MR) is 104 cm³/mol. The van der Waals surface area contributed by atoms with Gasteiger partial charge in [-0.3, -0.25) is 4.79 Å². The number of para-hydroxylation sites is 1. The number of nitrogens with one attached hydrogen (secondary N) is 1. The zero-order chi connectivity index (χ0) is 18.8. The number of fused-ring (bicyclic) bond motifs is 3. The number of furan rings is 1. The summed E-state index contributed by atoms with van der Waals surface area (Å²) in [7, 11) is 1.52. The molecule has 0 fully saturated rings. The number of esters is 1. The van der Waals surface area contributed by atoms with E-state index in [1.54, 1.807) is 23.6 Å². The number of carbonyl (C=O) groups excluding carboxylic acids is 2. The van der Waals surface area contributed by atoms with Gasteiger partial charge in [0.15, 0.2) is 6.61 Å². The minimum absolute atomic E-state index is 0.391. The quantitative estimate of drug-likeness (QED) is 0.517. The molecule has 0 spiro atoms. The highest BCUT2D eigenvalue weighted by Gasteiger charge is 2.16. The van der Waals surface area contributed by atoms with Gasteiger partial charge >= 0.3 is 5.97 Å². The fourth-order valence-corrected chi connectivity index (χ4v) is 3.42. The molecule has 0 aliphatic rings. The molecule has 0 atom stereocenters. The van der Waals surface area contributed by atoms with Crippen LogP contribution in [0.15, 0.2) is 58.3 Å². The summed E-state index contributed by atoms with van der Waals surface area (Å²) in [6.45, 7) is -0.391. The standard InChI is InChI=1S/C20H15NO5S/c1-24-17-9-13-12-5-2-3-6-15(12)26-16(13)10-14(17)21-19(22)11-25-20(23)18-7-4-8-27-18/h2-10H,11H2,1H3,(H,21,22). The van der Waals surface area contributed by atoms with Crippen molar-refractivity contribution in [1.29, 1.82) is 0 Å². The number of carbonyl (C=O) groups is 2. The van der Waals surface area contributed by atoms with Crippen LogP contribution in [0, 0.1) is 0 Å². The first-order chi connectivity index (χ1) is 13.2.